The summed E-state index contributed by atoms with van der Waals surface area (Å²) in [6.07, 6.45) is 2.86. The minimum Gasteiger partial charge on any atom is -0.331 e. The van der Waals surface area contributed by atoms with Crippen molar-refractivity contribution < 1.29 is 4.79 Å². The van der Waals surface area contributed by atoms with Crippen LogP contribution in [0, 0.1) is 0 Å². The summed E-state index contributed by atoms with van der Waals surface area (Å²) in [5, 5.41) is 4.45. The summed E-state index contributed by atoms with van der Waals surface area (Å²) in [5.74, 6) is 0. The van der Waals surface area contributed by atoms with Crippen LogP contribution in [-0.2, 0) is 6.54 Å². The number of amides is 2. The molecule has 0 unspecified atom stereocenters. The molecule has 0 aliphatic carbocycles. The highest BCUT2D eigenvalue weighted by atomic mass is 16.2. The number of carbonyl (C=O) groups excluding carboxylic acids is 1. The van der Waals surface area contributed by atoms with Gasteiger partial charge in [-0.25, -0.2) is 4.79 Å². The summed E-state index contributed by atoms with van der Waals surface area (Å²) in [5.41, 5.74) is 1.13. The van der Waals surface area contributed by atoms with Crippen LogP contribution in [0.25, 0.3) is 0 Å². The molecule has 0 spiro atoms. The van der Waals surface area contributed by atoms with Gasteiger partial charge in [-0.3, -0.25) is 4.68 Å². The molecule has 0 fully saturated rings. The van der Waals surface area contributed by atoms with E-state index < -0.39 is 0 Å². The summed E-state index contributed by atoms with van der Waals surface area (Å²) < 4.78 is 2.10. The maximum atomic E-state index is 12.2. The number of rotatable bonds is 5. The first-order valence-corrected chi connectivity index (χ1v) is 7.77. The van der Waals surface area contributed by atoms with E-state index in [2.05, 4.69) is 28.5 Å². The Morgan fingerprint density at radius 1 is 1.38 bits per heavy atom. The van der Waals surface area contributed by atoms with Crippen molar-refractivity contribution >= 4 is 6.03 Å². The lowest BCUT2D eigenvalue weighted by molar-refractivity contribution is 0.135. The lowest BCUT2D eigenvalue weighted by Crippen LogP contribution is -2.46. The van der Waals surface area contributed by atoms with Gasteiger partial charge in [0.25, 0.3) is 0 Å². The van der Waals surface area contributed by atoms with Gasteiger partial charge < -0.3 is 14.7 Å². The Hall–Kier alpha value is -1.56. The van der Waals surface area contributed by atoms with Gasteiger partial charge in [0.05, 0.1) is 18.3 Å². The second kappa shape index (κ2) is 6.93. The number of hydrogen-bond acceptors (Lipinski definition) is 3. The molecule has 1 atom stereocenters. The number of fused-ring (bicyclic) bond motifs is 1. The summed E-state index contributed by atoms with van der Waals surface area (Å²) >= 11 is 0. The van der Waals surface area contributed by atoms with E-state index in [-0.39, 0.29) is 12.1 Å². The van der Waals surface area contributed by atoms with Crippen molar-refractivity contribution in [2.24, 2.45) is 0 Å². The van der Waals surface area contributed by atoms with Crippen LogP contribution in [0.1, 0.15) is 32.0 Å². The van der Waals surface area contributed by atoms with E-state index >= 15 is 0 Å². The lowest BCUT2D eigenvalue weighted by Gasteiger charge is -2.36. The van der Waals surface area contributed by atoms with Crippen LogP contribution in [0.2, 0.25) is 0 Å². The topological polar surface area (TPSA) is 44.6 Å². The van der Waals surface area contributed by atoms with Crippen molar-refractivity contribution in [1.82, 2.24) is 24.5 Å². The van der Waals surface area contributed by atoms with Crippen LogP contribution in [-0.4, -0.2) is 70.8 Å². The first-order valence-electron chi connectivity index (χ1n) is 7.77. The van der Waals surface area contributed by atoms with E-state index in [1.165, 1.54) is 0 Å². The molecule has 6 nitrogen and oxygen atoms in total. The Morgan fingerprint density at radius 2 is 2.10 bits per heavy atom. The van der Waals surface area contributed by atoms with Gasteiger partial charge in [-0.05, 0) is 25.6 Å². The largest absolute Gasteiger partial charge is 0.331 e. The van der Waals surface area contributed by atoms with Crippen molar-refractivity contribution in [2.75, 3.05) is 40.3 Å². The predicted octanol–water partition coefficient (Wildman–Crippen LogP) is 1.65. The molecular weight excluding hydrogens is 266 g/mol. The highest BCUT2D eigenvalue weighted by Gasteiger charge is 2.29. The summed E-state index contributed by atoms with van der Waals surface area (Å²) in [6.45, 7) is 8.94. The van der Waals surface area contributed by atoms with E-state index in [1.54, 1.807) is 19.0 Å². The molecule has 0 bridgehead atoms. The molecule has 21 heavy (non-hydrogen) atoms. The second-order valence-corrected chi connectivity index (χ2v) is 5.79. The van der Waals surface area contributed by atoms with E-state index in [0.717, 1.165) is 38.3 Å². The first-order chi connectivity index (χ1) is 10.1. The summed E-state index contributed by atoms with van der Waals surface area (Å²) in [4.78, 5) is 18.2. The zero-order valence-electron chi connectivity index (χ0n) is 13.6. The van der Waals surface area contributed by atoms with Gasteiger partial charge in [0, 0.05) is 33.4 Å². The van der Waals surface area contributed by atoms with E-state index in [4.69, 9.17) is 0 Å². The monoisotopic (exact) mass is 293 g/mol. The van der Waals surface area contributed by atoms with Crippen LogP contribution >= 0.6 is 0 Å². The molecule has 2 heterocycles. The number of carbonyl (C=O) groups is 1. The van der Waals surface area contributed by atoms with E-state index in [1.807, 2.05) is 17.2 Å². The SMILES string of the molecule is CCN(CC)CC[C@@H]1CN(C(=O)N(C)C)Cc2ccnn21. The van der Waals surface area contributed by atoms with Crippen molar-refractivity contribution in [3.05, 3.63) is 18.0 Å². The van der Waals surface area contributed by atoms with Crippen molar-refractivity contribution in [1.29, 1.82) is 0 Å². The third-order valence-corrected chi connectivity index (χ3v) is 4.21. The standard InChI is InChI=1S/C15H27N5O/c1-5-18(6-2)10-8-14-12-19(15(21)17(3)4)11-13-7-9-16-20(13)14/h7,9,14H,5-6,8,10-12H2,1-4H3/t14-/m1/s1. The number of aromatic nitrogens is 2. The lowest BCUT2D eigenvalue weighted by atomic mass is 10.1. The number of urea groups is 1. The maximum Gasteiger partial charge on any atom is 0.319 e. The molecule has 1 aromatic heterocycles. The Bertz CT molecular complexity index is 466. The van der Waals surface area contributed by atoms with Gasteiger partial charge in [-0.15, -0.1) is 0 Å². The van der Waals surface area contributed by atoms with Crippen molar-refractivity contribution in [3.8, 4) is 0 Å². The fraction of sp³-hybridized carbons (Fsp3) is 0.733. The summed E-state index contributed by atoms with van der Waals surface area (Å²) in [6, 6.07) is 2.36. The Morgan fingerprint density at radius 3 is 2.71 bits per heavy atom. The van der Waals surface area contributed by atoms with Gasteiger partial charge in [-0.1, -0.05) is 13.8 Å². The van der Waals surface area contributed by atoms with Crippen molar-refractivity contribution in [3.63, 3.8) is 0 Å². The molecule has 1 aromatic rings. The molecular formula is C15H27N5O. The average molecular weight is 293 g/mol. The van der Waals surface area contributed by atoms with Crippen LogP contribution < -0.4 is 0 Å². The van der Waals surface area contributed by atoms with Crippen LogP contribution in [0.5, 0.6) is 0 Å². The van der Waals surface area contributed by atoms with Crippen LogP contribution in [0.3, 0.4) is 0 Å². The smallest absolute Gasteiger partial charge is 0.319 e. The van der Waals surface area contributed by atoms with Gasteiger partial charge >= 0.3 is 6.03 Å². The molecule has 1 aliphatic rings. The molecule has 2 rings (SSSR count). The highest BCUT2D eigenvalue weighted by molar-refractivity contribution is 5.74. The first kappa shape index (κ1) is 15.8. The van der Waals surface area contributed by atoms with Gasteiger partial charge in [0.1, 0.15) is 0 Å². The third kappa shape index (κ3) is 3.56. The number of nitrogens with zero attached hydrogens (tertiary/aromatic N) is 5. The van der Waals surface area contributed by atoms with Gasteiger partial charge in [-0.2, -0.15) is 5.10 Å². The van der Waals surface area contributed by atoms with Gasteiger partial charge in [0.15, 0.2) is 0 Å². The second-order valence-electron chi connectivity index (χ2n) is 5.79. The molecule has 118 valence electrons. The Balaban J connectivity index is 2.08. The Kier molecular flexibility index (Phi) is 5.22. The molecule has 0 saturated heterocycles. The fourth-order valence-electron chi connectivity index (χ4n) is 2.90. The molecule has 0 N–H and O–H groups in total. The average Bonchev–Trinajstić information content (AvgIpc) is 2.95. The van der Waals surface area contributed by atoms with Crippen molar-refractivity contribution in [2.45, 2.75) is 32.9 Å². The minimum atomic E-state index is 0.0790. The third-order valence-electron chi connectivity index (χ3n) is 4.21. The normalized spacial score (nSPS) is 18.0. The predicted molar refractivity (Wildman–Crippen MR) is 83.2 cm³/mol. The number of hydrogen-bond donors (Lipinski definition) is 0. The van der Waals surface area contributed by atoms with E-state index in [0.29, 0.717) is 6.54 Å². The van der Waals surface area contributed by atoms with E-state index in [9.17, 15) is 4.79 Å². The molecule has 1 aliphatic heterocycles. The zero-order chi connectivity index (χ0) is 15.4. The molecule has 0 aromatic carbocycles. The quantitative estimate of drug-likeness (QED) is 0.829. The zero-order valence-corrected chi connectivity index (χ0v) is 13.6. The highest BCUT2D eigenvalue weighted by Crippen LogP contribution is 2.23. The fourth-order valence-corrected chi connectivity index (χ4v) is 2.90. The summed E-state index contributed by atoms with van der Waals surface area (Å²) in [7, 11) is 3.61. The van der Waals surface area contributed by atoms with Gasteiger partial charge in [0.2, 0.25) is 0 Å². The molecule has 0 saturated carbocycles. The molecule has 0 radical (unpaired) electrons. The molecule has 2 amide bonds. The molecule has 6 heteroatoms. The Labute approximate surface area is 127 Å². The van der Waals surface area contributed by atoms with Crippen LogP contribution in [0.4, 0.5) is 4.79 Å². The van der Waals surface area contributed by atoms with Crippen LogP contribution in [0.15, 0.2) is 12.3 Å². The minimum absolute atomic E-state index is 0.0790. The maximum absolute atomic E-state index is 12.2.